The molecule has 1 aliphatic heterocycles. The topological polar surface area (TPSA) is 59.5 Å². The average molecular weight is 500 g/mol. The van der Waals surface area contributed by atoms with Crippen molar-refractivity contribution in [3.63, 3.8) is 0 Å². The monoisotopic (exact) mass is 499 g/mol. The van der Waals surface area contributed by atoms with Gasteiger partial charge in [0.1, 0.15) is 6.33 Å². The van der Waals surface area contributed by atoms with Gasteiger partial charge in [0.25, 0.3) is 0 Å². The van der Waals surface area contributed by atoms with E-state index in [1.54, 1.807) is 6.33 Å². The fourth-order valence-electron chi connectivity index (χ4n) is 6.19. The largest absolute Gasteiger partial charge is 0.374 e. The Morgan fingerprint density at radius 1 is 1.14 bits per heavy atom. The molecule has 1 aliphatic rings. The molecule has 2 N–H and O–H groups in total. The summed E-state index contributed by atoms with van der Waals surface area (Å²) < 4.78 is 1.96. The highest BCUT2D eigenvalue weighted by atomic mass is 15.3. The third-order valence-electron chi connectivity index (χ3n) is 8.22. The van der Waals surface area contributed by atoms with E-state index in [9.17, 15) is 0 Å². The Balaban J connectivity index is 1.84. The molecule has 37 heavy (non-hydrogen) atoms. The summed E-state index contributed by atoms with van der Waals surface area (Å²) in [6.45, 7) is 20.5. The van der Waals surface area contributed by atoms with Crippen molar-refractivity contribution in [2.45, 2.75) is 79.6 Å². The summed E-state index contributed by atoms with van der Waals surface area (Å²) in [6.07, 6.45) is 9.31. The van der Waals surface area contributed by atoms with Gasteiger partial charge in [0.15, 0.2) is 5.65 Å². The highest BCUT2D eigenvalue weighted by molar-refractivity contribution is 5.93. The number of hydrogen-bond donors (Lipinski definition) is 1. The summed E-state index contributed by atoms with van der Waals surface area (Å²) in [5.41, 5.74) is 19.0. The van der Waals surface area contributed by atoms with Crippen LogP contribution in [-0.4, -0.2) is 39.1 Å². The molecule has 1 fully saturated rings. The van der Waals surface area contributed by atoms with Gasteiger partial charge in [-0.2, -0.15) is 5.10 Å². The first-order valence-corrected chi connectivity index (χ1v) is 14.1. The predicted octanol–water partition coefficient (Wildman–Crippen LogP) is 6.93. The lowest BCUT2D eigenvalue weighted by Crippen LogP contribution is -2.34. The number of nitrogens with zero attached hydrogens (tertiary/aromatic N) is 4. The van der Waals surface area contributed by atoms with Crippen LogP contribution in [0.15, 0.2) is 43.0 Å². The van der Waals surface area contributed by atoms with Gasteiger partial charge in [0.2, 0.25) is 0 Å². The first-order chi connectivity index (χ1) is 17.8. The van der Waals surface area contributed by atoms with E-state index in [0.29, 0.717) is 18.4 Å². The molecule has 0 saturated carbocycles. The molecular formula is C32H45N5. The second kappa shape index (κ2) is 11.6. The molecule has 3 heterocycles. The first-order valence-electron chi connectivity index (χ1n) is 14.1. The summed E-state index contributed by atoms with van der Waals surface area (Å²) in [4.78, 5) is 6.89. The van der Waals surface area contributed by atoms with E-state index in [2.05, 4.69) is 87.5 Å². The van der Waals surface area contributed by atoms with Crippen molar-refractivity contribution in [2.75, 3.05) is 19.6 Å². The number of piperidine rings is 1. The molecule has 0 aliphatic carbocycles. The summed E-state index contributed by atoms with van der Waals surface area (Å²) in [5, 5.41) is 4.52. The molecule has 0 unspecified atom stereocenters. The third kappa shape index (κ3) is 5.38. The van der Waals surface area contributed by atoms with Gasteiger partial charge < -0.3 is 10.6 Å². The SMILES string of the molecule is C=C(CN)N1CCC(c2ccc(C)c(/C(=C(\CCC)c3cn4ncnc4c(C)c3CC)C(C)C)c2)CC1. The molecule has 1 aromatic carbocycles. The minimum absolute atomic E-state index is 0.404. The van der Waals surface area contributed by atoms with Gasteiger partial charge in [-0.15, -0.1) is 0 Å². The van der Waals surface area contributed by atoms with Crippen LogP contribution in [-0.2, 0) is 6.42 Å². The number of pyridine rings is 1. The molecule has 0 bridgehead atoms. The molecule has 4 rings (SSSR count). The quantitative estimate of drug-likeness (QED) is 0.347. The van der Waals surface area contributed by atoms with Crippen LogP contribution < -0.4 is 5.73 Å². The standard InChI is InChI=1S/C32H45N5/c1-8-10-28(30-19-37-32(34-20-35-37)24(7)27(30)9-2)31(21(3)4)29-17-26(12-11-22(29)5)25-13-15-36(16-14-25)23(6)18-33/h11-12,17,19-21,25H,6,8-10,13-16,18,33H2,1-5,7H3/b31-28+. The van der Waals surface area contributed by atoms with Gasteiger partial charge in [-0.3, -0.25) is 0 Å². The smallest absolute Gasteiger partial charge is 0.158 e. The van der Waals surface area contributed by atoms with Crippen molar-refractivity contribution in [3.05, 3.63) is 76.4 Å². The Morgan fingerprint density at radius 3 is 2.49 bits per heavy atom. The van der Waals surface area contributed by atoms with E-state index < -0.39 is 0 Å². The van der Waals surface area contributed by atoms with Crippen molar-refractivity contribution < 1.29 is 0 Å². The Hall–Kier alpha value is -2.92. The van der Waals surface area contributed by atoms with Crippen LogP contribution in [0.1, 0.15) is 92.7 Å². The molecule has 3 aromatic rings. The van der Waals surface area contributed by atoms with E-state index >= 15 is 0 Å². The number of rotatable bonds is 9. The molecule has 2 aromatic heterocycles. The number of nitrogens with two attached hydrogens (primary N) is 1. The number of aryl methyl sites for hydroxylation is 2. The number of likely N-dealkylation sites (tertiary alicyclic amines) is 1. The highest BCUT2D eigenvalue weighted by Gasteiger charge is 2.24. The summed E-state index contributed by atoms with van der Waals surface area (Å²) in [6, 6.07) is 7.21. The molecule has 0 spiro atoms. The molecule has 1 saturated heterocycles. The maximum atomic E-state index is 5.85. The van der Waals surface area contributed by atoms with E-state index in [0.717, 1.165) is 56.5 Å². The third-order valence-corrected chi connectivity index (χ3v) is 8.22. The van der Waals surface area contributed by atoms with E-state index in [-0.39, 0.29) is 0 Å². The maximum absolute atomic E-state index is 5.85. The molecule has 5 nitrogen and oxygen atoms in total. The van der Waals surface area contributed by atoms with Crippen LogP contribution in [0.25, 0.3) is 16.8 Å². The lowest BCUT2D eigenvalue weighted by Gasteiger charge is -2.35. The van der Waals surface area contributed by atoms with Crippen LogP contribution in [0.2, 0.25) is 0 Å². The first kappa shape index (κ1) is 27.1. The lowest BCUT2D eigenvalue weighted by atomic mass is 9.80. The van der Waals surface area contributed by atoms with Gasteiger partial charge >= 0.3 is 0 Å². The van der Waals surface area contributed by atoms with Crippen LogP contribution >= 0.6 is 0 Å². The minimum Gasteiger partial charge on any atom is -0.374 e. The van der Waals surface area contributed by atoms with Crippen LogP contribution in [0.5, 0.6) is 0 Å². The fraction of sp³-hybridized carbons (Fsp3) is 0.500. The van der Waals surface area contributed by atoms with Gasteiger partial charge in [-0.05, 0) is 95.9 Å². The average Bonchev–Trinajstić information content (AvgIpc) is 3.38. The second-order valence-electron chi connectivity index (χ2n) is 10.9. The van der Waals surface area contributed by atoms with E-state index in [1.165, 1.54) is 44.5 Å². The van der Waals surface area contributed by atoms with Crippen molar-refractivity contribution in [1.29, 1.82) is 0 Å². The number of benzene rings is 1. The van der Waals surface area contributed by atoms with Crippen molar-refractivity contribution in [2.24, 2.45) is 11.7 Å². The van der Waals surface area contributed by atoms with Crippen LogP contribution in [0, 0.1) is 19.8 Å². The second-order valence-corrected chi connectivity index (χ2v) is 10.9. The zero-order valence-electron chi connectivity index (χ0n) is 23.8. The summed E-state index contributed by atoms with van der Waals surface area (Å²) in [5.74, 6) is 0.978. The highest BCUT2D eigenvalue weighted by Crippen LogP contribution is 2.40. The van der Waals surface area contributed by atoms with Gasteiger partial charge in [0.05, 0.1) is 0 Å². The Bertz CT molecular complexity index is 1290. The van der Waals surface area contributed by atoms with Gasteiger partial charge in [0, 0.05) is 31.5 Å². The van der Waals surface area contributed by atoms with Crippen molar-refractivity contribution >= 4 is 16.8 Å². The fourth-order valence-corrected chi connectivity index (χ4v) is 6.19. The Labute approximate surface area is 223 Å². The molecule has 198 valence electrons. The number of fused-ring (bicyclic) bond motifs is 1. The Morgan fingerprint density at radius 2 is 1.86 bits per heavy atom. The number of hydrogen-bond acceptors (Lipinski definition) is 4. The van der Waals surface area contributed by atoms with Gasteiger partial charge in [-0.25, -0.2) is 9.50 Å². The van der Waals surface area contributed by atoms with E-state index in [1.807, 2.05) is 4.52 Å². The van der Waals surface area contributed by atoms with Crippen molar-refractivity contribution in [1.82, 2.24) is 19.5 Å². The zero-order valence-corrected chi connectivity index (χ0v) is 23.8. The normalized spacial score (nSPS) is 15.5. The van der Waals surface area contributed by atoms with Crippen LogP contribution in [0.3, 0.4) is 0 Å². The van der Waals surface area contributed by atoms with Crippen LogP contribution in [0.4, 0.5) is 0 Å². The summed E-state index contributed by atoms with van der Waals surface area (Å²) >= 11 is 0. The molecule has 0 amide bonds. The zero-order chi connectivity index (χ0) is 26.7. The summed E-state index contributed by atoms with van der Waals surface area (Å²) in [7, 11) is 0. The molecule has 0 atom stereocenters. The molecule has 5 heteroatoms. The van der Waals surface area contributed by atoms with Crippen molar-refractivity contribution in [3.8, 4) is 0 Å². The Kier molecular flexibility index (Phi) is 8.53. The minimum atomic E-state index is 0.404. The lowest BCUT2D eigenvalue weighted by molar-refractivity contribution is 0.261. The number of allylic oxidation sites excluding steroid dienone is 2. The maximum Gasteiger partial charge on any atom is 0.158 e. The molecule has 0 radical (unpaired) electrons. The number of aromatic nitrogens is 3. The molecular weight excluding hydrogens is 454 g/mol. The predicted molar refractivity (Wildman–Crippen MR) is 157 cm³/mol. The van der Waals surface area contributed by atoms with Gasteiger partial charge in [-0.1, -0.05) is 58.9 Å². The van der Waals surface area contributed by atoms with E-state index in [4.69, 9.17) is 5.73 Å².